The zero-order valence-electron chi connectivity index (χ0n) is 11.8. The van der Waals surface area contributed by atoms with Crippen molar-refractivity contribution >= 4 is 23.2 Å². The van der Waals surface area contributed by atoms with Gasteiger partial charge in [-0.2, -0.15) is 0 Å². The maximum absolute atomic E-state index is 6.29. The Kier molecular flexibility index (Phi) is 4.28. The number of nitrogens with one attached hydrogen (secondary N) is 1. The second-order valence-electron chi connectivity index (χ2n) is 6.31. The fraction of sp³-hybridized carbons (Fsp3) is 0.625. The molecule has 2 aliphatic rings. The van der Waals surface area contributed by atoms with Gasteiger partial charge in [0.05, 0.1) is 22.8 Å². The number of ether oxygens (including phenoxy) is 1. The summed E-state index contributed by atoms with van der Waals surface area (Å²) in [6.07, 6.45) is 5.06. The molecule has 0 aromatic heterocycles. The third kappa shape index (κ3) is 2.85. The molecule has 1 aliphatic carbocycles. The summed E-state index contributed by atoms with van der Waals surface area (Å²) in [4.78, 5) is 0. The Hall–Kier alpha value is -0.280. The lowest BCUT2D eigenvalue weighted by Crippen LogP contribution is -2.57. The Morgan fingerprint density at radius 1 is 1.35 bits per heavy atom. The Balaban J connectivity index is 1.71. The van der Waals surface area contributed by atoms with E-state index in [1.54, 1.807) is 0 Å². The Labute approximate surface area is 130 Å². The van der Waals surface area contributed by atoms with E-state index in [4.69, 9.17) is 27.9 Å². The van der Waals surface area contributed by atoms with Crippen molar-refractivity contribution in [1.29, 1.82) is 0 Å². The maximum Gasteiger partial charge on any atom is 0.0965 e. The minimum Gasteiger partial charge on any atom is -0.370 e. The highest BCUT2D eigenvalue weighted by atomic mass is 35.5. The quantitative estimate of drug-likeness (QED) is 0.818. The van der Waals surface area contributed by atoms with Crippen molar-refractivity contribution < 1.29 is 4.74 Å². The highest BCUT2D eigenvalue weighted by Gasteiger charge is 2.39. The number of morpholine rings is 1. The molecule has 2 fully saturated rings. The second-order valence-corrected chi connectivity index (χ2v) is 7.09. The van der Waals surface area contributed by atoms with Crippen LogP contribution in [0.15, 0.2) is 18.2 Å². The predicted octanol–water partition coefficient (Wildman–Crippen LogP) is 4.60. The molecule has 20 heavy (non-hydrogen) atoms. The topological polar surface area (TPSA) is 21.3 Å². The molecule has 3 rings (SSSR count). The van der Waals surface area contributed by atoms with E-state index in [2.05, 4.69) is 12.2 Å². The zero-order valence-corrected chi connectivity index (χ0v) is 13.3. The molecule has 1 aromatic rings. The SMILES string of the molecule is CC1CCCC2(COC(c3cccc(Cl)c3Cl)CN2)C1. The third-order valence-corrected chi connectivity index (χ3v) is 5.48. The molecule has 1 aromatic carbocycles. The van der Waals surface area contributed by atoms with Crippen LogP contribution in [0.2, 0.25) is 10.0 Å². The second kappa shape index (κ2) is 5.84. The molecule has 1 heterocycles. The fourth-order valence-electron chi connectivity index (χ4n) is 3.60. The number of rotatable bonds is 1. The van der Waals surface area contributed by atoms with Gasteiger partial charge in [0, 0.05) is 17.6 Å². The van der Waals surface area contributed by atoms with Crippen molar-refractivity contribution in [2.45, 2.75) is 44.2 Å². The summed E-state index contributed by atoms with van der Waals surface area (Å²) >= 11 is 12.4. The molecule has 2 nitrogen and oxygen atoms in total. The van der Waals surface area contributed by atoms with E-state index in [1.807, 2.05) is 18.2 Å². The molecule has 0 amide bonds. The van der Waals surface area contributed by atoms with Crippen LogP contribution in [0.1, 0.15) is 44.3 Å². The van der Waals surface area contributed by atoms with Crippen LogP contribution in [0, 0.1) is 5.92 Å². The molecule has 3 unspecified atom stereocenters. The molecule has 0 radical (unpaired) electrons. The molecular weight excluding hydrogens is 293 g/mol. The van der Waals surface area contributed by atoms with E-state index in [-0.39, 0.29) is 11.6 Å². The first kappa shape index (κ1) is 14.6. The van der Waals surface area contributed by atoms with Crippen LogP contribution in [-0.4, -0.2) is 18.7 Å². The van der Waals surface area contributed by atoms with Gasteiger partial charge in [0.2, 0.25) is 0 Å². The molecule has 1 spiro atoms. The summed E-state index contributed by atoms with van der Waals surface area (Å²) < 4.78 is 6.14. The summed E-state index contributed by atoms with van der Waals surface area (Å²) in [5.74, 6) is 0.783. The van der Waals surface area contributed by atoms with E-state index in [1.165, 1.54) is 25.7 Å². The van der Waals surface area contributed by atoms with Crippen LogP contribution in [0.3, 0.4) is 0 Å². The van der Waals surface area contributed by atoms with Gasteiger partial charge >= 0.3 is 0 Å². The van der Waals surface area contributed by atoms with Gasteiger partial charge in [-0.25, -0.2) is 0 Å². The zero-order chi connectivity index (χ0) is 14.2. The average Bonchev–Trinajstić information content (AvgIpc) is 2.43. The number of halogens is 2. The van der Waals surface area contributed by atoms with Gasteiger partial charge < -0.3 is 10.1 Å². The van der Waals surface area contributed by atoms with Gasteiger partial charge in [-0.15, -0.1) is 0 Å². The van der Waals surface area contributed by atoms with E-state index in [0.717, 1.165) is 24.6 Å². The first-order valence-corrected chi connectivity index (χ1v) is 8.16. The Morgan fingerprint density at radius 3 is 2.90 bits per heavy atom. The van der Waals surface area contributed by atoms with E-state index in [0.29, 0.717) is 10.0 Å². The monoisotopic (exact) mass is 313 g/mol. The van der Waals surface area contributed by atoms with Gasteiger partial charge in [0.1, 0.15) is 0 Å². The van der Waals surface area contributed by atoms with Crippen LogP contribution in [0.4, 0.5) is 0 Å². The van der Waals surface area contributed by atoms with Crippen molar-refractivity contribution in [2.75, 3.05) is 13.2 Å². The first-order chi connectivity index (χ1) is 9.60. The molecule has 1 saturated carbocycles. The highest BCUT2D eigenvalue weighted by molar-refractivity contribution is 6.42. The van der Waals surface area contributed by atoms with Crippen molar-refractivity contribution in [2.24, 2.45) is 5.92 Å². The molecule has 4 heteroatoms. The van der Waals surface area contributed by atoms with Gasteiger partial charge in [-0.3, -0.25) is 0 Å². The molecule has 1 N–H and O–H groups in total. The lowest BCUT2D eigenvalue weighted by atomic mass is 9.76. The lowest BCUT2D eigenvalue weighted by molar-refractivity contribution is -0.0526. The minimum atomic E-state index is 0.00376. The highest BCUT2D eigenvalue weighted by Crippen LogP contribution is 2.38. The minimum absolute atomic E-state index is 0.00376. The van der Waals surface area contributed by atoms with E-state index >= 15 is 0 Å². The largest absolute Gasteiger partial charge is 0.370 e. The lowest BCUT2D eigenvalue weighted by Gasteiger charge is -2.45. The molecule has 0 bridgehead atoms. The van der Waals surface area contributed by atoms with Crippen molar-refractivity contribution in [3.63, 3.8) is 0 Å². The molecule has 1 saturated heterocycles. The van der Waals surface area contributed by atoms with Gasteiger partial charge in [0.15, 0.2) is 0 Å². The van der Waals surface area contributed by atoms with Crippen molar-refractivity contribution in [3.05, 3.63) is 33.8 Å². The summed E-state index contributed by atoms with van der Waals surface area (Å²) in [7, 11) is 0. The van der Waals surface area contributed by atoms with Crippen LogP contribution in [0.5, 0.6) is 0 Å². The number of hydrogen-bond acceptors (Lipinski definition) is 2. The van der Waals surface area contributed by atoms with Crippen LogP contribution in [-0.2, 0) is 4.74 Å². The van der Waals surface area contributed by atoms with Crippen molar-refractivity contribution in [1.82, 2.24) is 5.32 Å². The summed E-state index contributed by atoms with van der Waals surface area (Å²) in [6, 6.07) is 5.75. The summed E-state index contributed by atoms with van der Waals surface area (Å²) in [6.45, 7) is 3.92. The van der Waals surface area contributed by atoms with Gasteiger partial charge in [0.25, 0.3) is 0 Å². The average molecular weight is 314 g/mol. The van der Waals surface area contributed by atoms with Crippen molar-refractivity contribution in [3.8, 4) is 0 Å². The van der Waals surface area contributed by atoms with Gasteiger partial charge in [-0.1, -0.05) is 55.1 Å². The predicted molar refractivity (Wildman–Crippen MR) is 83.5 cm³/mol. The first-order valence-electron chi connectivity index (χ1n) is 7.40. The summed E-state index contributed by atoms with van der Waals surface area (Å²) in [5, 5.41) is 4.95. The van der Waals surface area contributed by atoms with E-state index in [9.17, 15) is 0 Å². The molecule has 1 aliphatic heterocycles. The molecule has 110 valence electrons. The normalized spacial score (nSPS) is 34.4. The van der Waals surface area contributed by atoms with Gasteiger partial charge in [-0.05, 0) is 24.8 Å². The Morgan fingerprint density at radius 2 is 2.20 bits per heavy atom. The molecular formula is C16H21Cl2NO. The van der Waals surface area contributed by atoms with E-state index < -0.39 is 0 Å². The number of hydrogen-bond donors (Lipinski definition) is 1. The molecule has 3 atom stereocenters. The van der Waals surface area contributed by atoms with Crippen LogP contribution < -0.4 is 5.32 Å². The van der Waals surface area contributed by atoms with Crippen LogP contribution >= 0.6 is 23.2 Å². The fourth-order valence-corrected chi connectivity index (χ4v) is 4.03. The standard InChI is InChI=1S/C16H21Cl2NO/c1-11-4-3-7-16(8-11)10-20-14(9-19-16)12-5-2-6-13(17)15(12)18/h2,5-6,11,14,19H,3-4,7-10H2,1H3. The summed E-state index contributed by atoms with van der Waals surface area (Å²) in [5.41, 5.74) is 1.17. The number of benzene rings is 1. The third-order valence-electron chi connectivity index (χ3n) is 4.64. The maximum atomic E-state index is 6.29. The Bertz CT molecular complexity index is 483. The smallest absolute Gasteiger partial charge is 0.0965 e. The van der Waals surface area contributed by atoms with Crippen LogP contribution in [0.25, 0.3) is 0 Å².